The Hall–Kier alpha value is -3.30. The molecule has 0 aliphatic carbocycles. The predicted octanol–water partition coefficient (Wildman–Crippen LogP) is 1.56. The fourth-order valence-corrected chi connectivity index (χ4v) is 4.82. The number of carbonyl (C=O) groups is 1. The lowest BCUT2D eigenvalue weighted by Gasteiger charge is -2.61. The standard InChI is InChI=1S/C23H27N7O2.2H2/c1-3-16-7-19-20(27-21(16)31)6-15(8-25-19)10-29-11-23(12-29)13-30(14-23)17-4-5-18(26-9-17)22(32)28-24-2;;/h4-9,24H,3,10-14H2,1-2H3,(H,27,31)(H,28,32);2*1H. The van der Waals surface area contributed by atoms with Crippen molar-refractivity contribution in [3.8, 4) is 0 Å². The summed E-state index contributed by atoms with van der Waals surface area (Å²) in [4.78, 5) is 40.4. The molecule has 0 unspecified atom stereocenters. The lowest BCUT2D eigenvalue weighted by atomic mass is 9.72. The number of carbonyl (C=O) groups excluding carboxylic acids is 1. The first-order valence-electron chi connectivity index (χ1n) is 10.9. The molecule has 9 heteroatoms. The summed E-state index contributed by atoms with van der Waals surface area (Å²) in [5, 5.41) is 0. The van der Waals surface area contributed by atoms with Gasteiger partial charge in [0.25, 0.3) is 11.5 Å². The monoisotopic (exact) mass is 437 g/mol. The van der Waals surface area contributed by atoms with Gasteiger partial charge in [-0.25, -0.2) is 10.4 Å². The van der Waals surface area contributed by atoms with Gasteiger partial charge in [0.2, 0.25) is 0 Å². The smallest absolute Gasteiger partial charge is 0.283 e. The molecule has 3 aromatic rings. The van der Waals surface area contributed by atoms with Gasteiger partial charge in [-0.05, 0) is 36.2 Å². The van der Waals surface area contributed by atoms with E-state index in [9.17, 15) is 9.59 Å². The number of fused-ring (bicyclic) bond motifs is 1. The van der Waals surface area contributed by atoms with E-state index in [1.165, 1.54) is 0 Å². The first kappa shape index (κ1) is 20.6. The molecule has 0 saturated carbocycles. The van der Waals surface area contributed by atoms with Crippen LogP contribution in [0.2, 0.25) is 0 Å². The molecule has 2 aliphatic rings. The number of likely N-dealkylation sites (tertiary alicyclic amines) is 1. The minimum Gasteiger partial charge on any atom is -0.369 e. The molecule has 3 aromatic heterocycles. The second-order valence-electron chi connectivity index (χ2n) is 8.86. The van der Waals surface area contributed by atoms with Crippen molar-refractivity contribution in [1.29, 1.82) is 0 Å². The summed E-state index contributed by atoms with van der Waals surface area (Å²) in [6, 6.07) is 7.62. The lowest BCUT2D eigenvalue weighted by molar-refractivity contribution is -0.0273. The molecule has 1 spiro atoms. The van der Waals surface area contributed by atoms with Crippen LogP contribution in [0.5, 0.6) is 0 Å². The number of aryl methyl sites for hydroxylation is 1. The largest absolute Gasteiger partial charge is 0.369 e. The van der Waals surface area contributed by atoms with Crippen LogP contribution >= 0.6 is 0 Å². The summed E-state index contributed by atoms with van der Waals surface area (Å²) in [5.41, 5.74) is 10.4. The maximum atomic E-state index is 12.1. The van der Waals surface area contributed by atoms with Crippen LogP contribution in [-0.4, -0.2) is 59.0 Å². The van der Waals surface area contributed by atoms with Crippen LogP contribution < -0.4 is 21.3 Å². The summed E-state index contributed by atoms with van der Waals surface area (Å²) in [5.74, 6) is -0.244. The van der Waals surface area contributed by atoms with Crippen molar-refractivity contribution in [1.82, 2.24) is 30.7 Å². The van der Waals surface area contributed by atoms with E-state index in [0.29, 0.717) is 17.5 Å². The number of aromatic amines is 1. The number of anilines is 1. The van der Waals surface area contributed by atoms with Gasteiger partial charge in [-0.2, -0.15) is 0 Å². The molecule has 2 fully saturated rings. The van der Waals surface area contributed by atoms with Crippen molar-refractivity contribution < 1.29 is 7.65 Å². The van der Waals surface area contributed by atoms with E-state index in [4.69, 9.17) is 0 Å². The SMILES string of the molecule is CCc1cc2ncc(CN3CC4(C3)CN(c3ccc(C(=O)NNC)nc3)C4)cc2[nH]c1=O.[HH].[HH]. The van der Waals surface area contributed by atoms with Crippen molar-refractivity contribution in [2.45, 2.75) is 19.9 Å². The molecule has 0 atom stereocenters. The number of H-pyrrole nitrogens is 1. The third-order valence-corrected chi connectivity index (χ3v) is 6.37. The van der Waals surface area contributed by atoms with Gasteiger partial charge in [0.1, 0.15) is 5.69 Å². The van der Waals surface area contributed by atoms with E-state index in [0.717, 1.165) is 60.6 Å². The number of pyridine rings is 3. The van der Waals surface area contributed by atoms with Crippen molar-refractivity contribution in [3.63, 3.8) is 0 Å². The van der Waals surface area contributed by atoms with Gasteiger partial charge in [-0.3, -0.25) is 24.9 Å². The Morgan fingerprint density at radius 2 is 2.00 bits per heavy atom. The number of hydrazine groups is 1. The minimum atomic E-state index is -0.244. The first-order chi connectivity index (χ1) is 15.5. The van der Waals surface area contributed by atoms with E-state index >= 15 is 0 Å². The summed E-state index contributed by atoms with van der Waals surface area (Å²) in [7, 11) is 1.65. The number of nitrogens with one attached hydrogen (secondary N) is 3. The molecule has 2 saturated heterocycles. The van der Waals surface area contributed by atoms with Crippen LogP contribution in [0, 0.1) is 5.41 Å². The Balaban J connectivity index is 0.00000162. The molecule has 5 heterocycles. The molecule has 0 bridgehead atoms. The molecular formula is C23H31N7O2. The Morgan fingerprint density at radius 3 is 2.69 bits per heavy atom. The van der Waals surface area contributed by atoms with Crippen LogP contribution in [0.3, 0.4) is 0 Å². The molecule has 170 valence electrons. The van der Waals surface area contributed by atoms with Crippen LogP contribution in [-0.2, 0) is 13.0 Å². The van der Waals surface area contributed by atoms with Gasteiger partial charge in [-0.15, -0.1) is 0 Å². The zero-order valence-electron chi connectivity index (χ0n) is 18.3. The van der Waals surface area contributed by atoms with E-state index in [-0.39, 0.29) is 14.3 Å². The Morgan fingerprint density at radius 1 is 1.19 bits per heavy atom. The second-order valence-corrected chi connectivity index (χ2v) is 8.86. The van der Waals surface area contributed by atoms with E-state index in [2.05, 4.69) is 35.6 Å². The normalized spacial score (nSPS) is 17.2. The Labute approximate surface area is 188 Å². The number of rotatable bonds is 6. The maximum absolute atomic E-state index is 12.1. The molecule has 1 amide bonds. The van der Waals surface area contributed by atoms with Crippen LogP contribution in [0.15, 0.2) is 41.5 Å². The van der Waals surface area contributed by atoms with Crippen molar-refractivity contribution >= 4 is 22.6 Å². The second kappa shape index (κ2) is 7.99. The highest BCUT2D eigenvalue weighted by atomic mass is 16.2. The molecule has 9 nitrogen and oxygen atoms in total. The number of amides is 1. The highest BCUT2D eigenvalue weighted by Crippen LogP contribution is 2.42. The third kappa shape index (κ3) is 3.74. The number of aromatic nitrogens is 3. The van der Waals surface area contributed by atoms with Gasteiger partial charge < -0.3 is 9.88 Å². The van der Waals surface area contributed by atoms with Gasteiger partial charge in [0.05, 0.1) is 22.9 Å². The molecule has 32 heavy (non-hydrogen) atoms. The molecule has 0 aromatic carbocycles. The lowest BCUT2D eigenvalue weighted by Crippen LogP contribution is -2.72. The van der Waals surface area contributed by atoms with Crippen LogP contribution in [0.4, 0.5) is 5.69 Å². The van der Waals surface area contributed by atoms with Gasteiger partial charge in [-0.1, -0.05) is 6.92 Å². The molecule has 3 N–H and O–H groups in total. The Kier molecular flexibility index (Phi) is 5.15. The summed E-state index contributed by atoms with van der Waals surface area (Å²) in [6.45, 7) is 6.89. The molecular weight excluding hydrogens is 406 g/mol. The average molecular weight is 438 g/mol. The number of hydrogen-bond donors (Lipinski definition) is 3. The summed E-state index contributed by atoms with van der Waals surface area (Å²) >= 11 is 0. The van der Waals surface area contributed by atoms with Crippen LogP contribution in [0.1, 0.15) is 31.4 Å². The quantitative estimate of drug-likeness (QED) is 0.503. The highest BCUT2D eigenvalue weighted by Gasteiger charge is 2.51. The summed E-state index contributed by atoms with van der Waals surface area (Å²) in [6.07, 6.45) is 4.38. The van der Waals surface area contributed by atoms with Crippen LogP contribution in [0.25, 0.3) is 11.0 Å². The topological polar surface area (TPSA) is 106 Å². The fourth-order valence-electron chi connectivity index (χ4n) is 4.82. The van der Waals surface area contributed by atoms with E-state index in [1.807, 2.05) is 31.3 Å². The van der Waals surface area contributed by atoms with Gasteiger partial charge in [0.15, 0.2) is 0 Å². The number of hydrogen-bond acceptors (Lipinski definition) is 7. The zero-order chi connectivity index (χ0) is 22.3. The molecule has 5 rings (SSSR count). The predicted molar refractivity (Wildman–Crippen MR) is 127 cm³/mol. The van der Waals surface area contributed by atoms with Crippen molar-refractivity contribution in [2.75, 3.05) is 38.1 Å². The number of nitrogens with zero attached hydrogens (tertiary/aromatic N) is 4. The molecule has 0 radical (unpaired) electrons. The zero-order valence-corrected chi connectivity index (χ0v) is 18.3. The Bertz CT molecular complexity index is 1220. The highest BCUT2D eigenvalue weighted by molar-refractivity contribution is 5.92. The van der Waals surface area contributed by atoms with E-state index < -0.39 is 0 Å². The average Bonchev–Trinajstić information content (AvgIpc) is 2.74. The molecule has 2 aliphatic heterocycles. The third-order valence-electron chi connectivity index (χ3n) is 6.37. The van der Waals surface area contributed by atoms with Crippen molar-refractivity contribution in [3.05, 3.63) is 63.8 Å². The first-order valence-corrected chi connectivity index (χ1v) is 10.9. The fraction of sp³-hybridized carbons (Fsp3) is 0.391. The van der Waals surface area contributed by atoms with Gasteiger partial charge >= 0.3 is 0 Å². The maximum Gasteiger partial charge on any atom is 0.283 e. The van der Waals surface area contributed by atoms with E-state index in [1.54, 1.807) is 19.3 Å². The van der Waals surface area contributed by atoms with Gasteiger partial charge in [0, 0.05) is 59.8 Å². The van der Waals surface area contributed by atoms with Crippen molar-refractivity contribution in [2.24, 2.45) is 5.41 Å². The summed E-state index contributed by atoms with van der Waals surface area (Å²) < 4.78 is 0. The minimum absolute atomic E-state index is 0.